The molecule has 0 spiro atoms. The van der Waals surface area contributed by atoms with Crippen molar-refractivity contribution in [3.05, 3.63) is 29.1 Å². The van der Waals surface area contributed by atoms with Crippen LogP contribution >= 0.6 is 22.5 Å². The highest BCUT2D eigenvalue weighted by atomic mass is 33.1. The van der Waals surface area contributed by atoms with Gasteiger partial charge in [-0.2, -0.15) is 0 Å². The van der Waals surface area contributed by atoms with Crippen molar-refractivity contribution in [2.75, 3.05) is 26.3 Å². The largest absolute Gasteiger partial charge is 0.381 e. The average molecular weight is 327 g/mol. The molecule has 21 heavy (non-hydrogen) atoms. The minimum atomic E-state index is 0.317. The average Bonchev–Trinajstić information content (AvgIpc) is 3.05. The van der Waals surface area contributed by atoms with Gasteiger partial charge in [0.15, 0.2) is 0 Å². The third-order valence-electron chi connectivity index (χ3n) is 4.24. The van der Waals surface area contributed by atoms with Gasteiger partial charge in [0.25, 0.3) is 0 Å². The molecule has 1 aliphatic heterocycles. The Hall–Kier alpha value is -0.230. The fourth-order valence-electron chi connectivity index (χ4n) is 2.75. The number of hydrogen-bond acceptors (Lipinski definition) is 5. The highest BCUT2D eigenvalue weighted by Gasteiger charge is 2.23. The van der Waals surface area contributed by atoms with Gasteiger partial charge in [0.2, 0.25) is 0 Å². The number of nitrogens with zero attached hydrogens (tertiary/aromatic N) is 2. The number of pyridine rings is 1. The first kappa shape index (κ1) is 17.1. The van der Waals surface area contributed by atoms with Gasteiger partial charge in [-0.05, 0) is 38.1 Å². The fourth-order valence-corrected chi connectivity index (χ4v) is 3.31. The highest BCUT2D eigenvalue weighted by Crippen LogP contribution is 2.33. The lowest BCUT2D eigenvalue weighted by atomic mass is 9.96. The van der Waals surface area contributed by atoms with Gasteiger partial charge in [0, 0.05) is 19.1 Å². The van der Waals surface area contributed by atoms with E-state index in [0.29, 0.717) is 11.2 Å². The SMILES string of the molecule is CCN(CC)Cc1nc(C(C)SS)ccc1C1CCOC1. The molecule has 2 atom stereocenters. The van der Waals surface area contributed by atoms with Crippen LogP contribution in [0.25, 0.3) is 0 Å². The predicted molar refractivity (Wildman–Crippen MR) is 94.0 cm³/mol. The second-order valence-corrected chi connectivity index (χ2v) is 7.09. The summed E-state index contributed by atoms with van der Waals surface area (Å²) in [6, 6.07) is 4.42. The van der Waals surface area contributed by atoms with Gasteiger partial charge >= 0.3 is 0 Å². The number of hydrogen-bond donors (Lipinski definition) is 1. The van der Waals surface area contributed by atoms with Crippen LogP contribution in [-0.2, 0) is 11.3 Å². The van der Waals surface area contributed by atoms with Crippen LogP contribution in [-0.4, -0.2) is 36.2 Å². The summed E-state index contributed by atoms with van der Waals surface area (Å²) < 4.78 is 5.57. The molecule has 0 amide bonds. The molecule has 1 aliphatic rings. The van der Waals surface area contributed by atoms with Gasteiger partial charge in [-0.1, -0.05) is 30.7 Å². The molecule has 1 fully saturated rings. The van der Waals surface area contributed by atoms with E-state index < -0.39 is 0 Å². The van der Waals surface area contributed by atoms with E-state index in [1.165, 1.54) is 11.3 Å². The molecule has 2 heterocycles. The zero-order chi connectivity index (χ0) is 15.2. The highest BCUT2D eigenvalue weighted by molar-refractivity contribution is 8.68. The molecule has 0 N–H and O–H groups in total. The van der Waals surface area contributed by atoms with E-state index in [1.807, 2.05) is 0 Å². The van der Waals surface area contributed by atoms with E-state index >= 15 is 0 Å². The van der Waals surface area contributed by atoms with Crippen LogP contribution in [0.3, 0.4) is 0 Å². The Labute approximate surface area is 137 Å². The summed E-state index contributed by atoms with van der Waals surface area (Å²) in [4.78, 5) is 7.38. The molecule has 1 saturated heterocycles. The molecule has 5 heteroatoms. The van der Waals surface area contributed by atoms with E-state index in [0.717, 1.165) is 45.0 Å². The lowest BCUT2D eigenvalue weighted by Crippen LogP contribution is -2.24. The van der Waals surface area contributed by atoms with Crippen molar-refractivity contribution >= 4 is 22.5 Å². The fraction of sp³-hybridized carbons (Fsp3) is 0.688. The van der Waals surface area contributed by atoms with Crippen molar-refractivity contribution in [3.8, 4) is 0 Å². The summed E-state index contributed by atoms with van der Waals surface area (Å²) >= 11 is 4.33. The molecule has 1 aromatic heterocycles. The Morgan fingerprint density at radius 2 is 2.19 bits per heavy atom. The zero-order valence-corrected chi connectivity index (χ0v) is 14.9. The second kappa shape index (κ2) is 8.42. The van der Waals surface area contributed by atoms with Crippen LogP contribution in [0.2, 0.25) is 0 Å². The number of ether oxygens (including phenoxy) is 1. The van der Waals surface area contributed by atoms with Gasteiger partial charge < -0.3 is 4.74 Å². The van der Waals surface area contributed by atoms with E-state index in [1.54, 1.807) is 10.8 Å². The lowest BCUT2D eigenvalue weighted by Gasteiger charge is -2.22. The van der Waals surface area contributed by atoms with Crippen molar-refractivity contribution < 1.29 is 4.74 Å². The maximum Gasteiger partial charge on any atom is 0.0583 e. The molecule has 3 nitrogen and oxygen atoms in total. The van der Waals surface area contributed by atoms with Gasteiger partial charge in [-0.3, -0.25) is 9.88 Å². The number of thiol groups is 1. The van der Waals surface area contributed by atoms with Crippen molar-refractivity contribution in [2.24, 2.45) is 0 Å². The smallest absolute Gasteiger partial charge is 0.0583 e. The standard InChI is InChI=1S/C16H26N2OS2/c1-4-18(5-2)10-16-14(13-8-9-19-11-13)6-7-15(17-16)12(3)21-20/h6-7,12-13,20H,4-5,8-11H2,1-3H3. The summed E-state index contributed by atoms with van der Waals surface area (Å²) in [5, 5.41) is 0.317. The Kier molecular flexibility index (Phi) is 6.86. The molecule has 1 aromatic rings. The summed E-state index contributed by atoms with van der Waals surface area (Å²) in [5.74, 6) is 0.510. The first-order valence-electron chi connectivity index (χ1n) is 7.79. The summed E-state index contributed by atoms with van der Waals surface area (Å²) in [6.45, 7) is 11.3. The van der Waals surface area contributed by atoms with E-state index in [4.69, 9.17) is 9.72 Å². The molecule has 0 aromatic carbocycles. The molecule has 0 saturated carbocycles. The molecule has 0 aliphatic carbocycles. The number of aromatic nitrogens is 1. The van der Waals surface area contributed by atoms with Gasteiger partial charge in [0.1, 0.15) is 0 Å². The normalized spacial score (nSPS) is 20.1. The summed E-state index contributed by atoms with van der Waals surface area (Å²) in [7, 11) is 1.55. The summed E-state index contributed by atoms with van der Waals surface area (Å²) in [6.07, 6.45) is 1.11. The first-order chi connectivity index (χ1) is 10.2. The molecule has 2 unspecified atom stereocenters. The van der Waals surface area contributed by atoms with Gasteiger partial charge in [-0.25, -0.2) is 0 Å². The maximum absolute atomic E-state index is 5.57. The minimum absolute atomic E-state index is 0.317. The molecule has 2 rings (SSSR count). The second-order valence-electron chi connectivity index (χ2n) is 5.54. The van der Waals surface area contributed by atoms with Crippen LogP contribution in [0.15, 0.2) is 12.1 Å². The topological polar surface area (TPSA) is 25.4 Å². The Morgan fingerprint density at radius 3 is 2.76 bits per heavy atom. The zero-order valence-electron chi connectivity index (χ0n) is 13.2. The third-order valence-corrected chi connectivity index (χ3v) is 5.75. The van der Waals surface area contributed by atoms with Crippen molar-refractivity contribution in [1.29, 1.82) is 0 Å². The van der Waals surface area contributed by atoms with Crippen molar-refractivity contribution in [3.63, 3.8) is 0 Å². The molecule has 0 radical (unpaired) electrons. The monoisotopic (exact) mass is 326 g/mol. The van der Waals surface area contributed by atoms with E-state index in [-0.39, 0.29) is 0 Å². The van der Waals surface area contributed by atoms with E-state index in [2.05, 4.69) is 49.5 Å². The van der Waals surface area contributed by atoms with Crippen LogP contribution in [0, 0.1) is 0 Å². The van der Waals surface area contributed by atoms with Crippen molar-refractivity contribution in [2.45, 2.75) is 44.9 Å². The summed E-state index contributed by atoms with van der Waals surface area (Å²) in [5.41, 5.74) is 3.72. The van der Waals surface area contributed by atoms with Crippen LogP contribution in [0.4, 0.5) is 0 Å². The predicted octanol–water partition coefficient (Wildman–Crippen LogP) is 4.07. The lowest BCUT2D eigenvalue weighted by molar-refractivity contribution is 0.193. The minimum Gasteiger partial charge on any atom is -0.381 e. The Bertz CT molecular complexity index is 446. The van der Waals surface area contributed by atoms with E-state index in [9.17, 15) is 0 Å². The Balaban J connectivity index is 2.29. The molecule has 0 bridgehead atoms. The van der Waals surface area contributed by atoms with Crippen LogP contribution in [0.5, 0.6) is 0 Å². The van der Waals surface area contributed by atoms with Crippen LogP contribution < -0.4 is 0 Å². The quantitative estimate of drug-likeness (QED) is 0.603. The molecule has 118 valence electrons. The number of rotatable bonds is 7. The molecular weight excluding hydrogens is 300 g/mol. The maximum atomic E-state index is 5.57. The third kappa shape index (κ3) is 4.38. The molecular formula is C16H26N2OS2. The van der Waals surface area contributed by atoms with Crippen molar-refractivity contribution in [1.82, 2.24) is 9.88 Å². The Morgan fingerprint density at radius 1 is 1.43 bits per heavy atom. The van der Waals surface area contributed by atoms with Crippen LogP contribution in [0.1, 0.15) is 55.3 Å². The first-order valence-corrected chi connectivity index (χ1v) is 9.72. The van der Waals surface area contributed by atoms with Gasteiger partial charge in [0.05, 0.1) is 23.2 Å². The van der Waals surface area contributed by atoms with Gasteiger partial charge in [-0.15, -0.1) is 11.7 Å².